The number of amides is 1. The molecule has 14 heteroatoms. The zero-order valence-electron chi connectivity index (χ0n) is 28.2. The minimum atomic E-state index is -1.12. The number of rotatable bonds is 9. The van der Waals surface area contributed by atoms with Crippen LogP contribution in [0, 0.1) is 5.92 Å². The maximum atomic E-state index is 14.2. The van der Waals surface area contributed by atoms with Crippen molar-refractivity contribution in [1.29, 1.82) is 0 Å². The van der Waals surface area contributed by atoms with Gasteiger partial charge < -0.3 is 14.7 Å². The predicted octanol–water partition coefficient (Wildman–Crippen LogP) is 4.83. The molecule has 262 valence electrons. The fourth-order valence-corrected chi connectivity index (χ4v) is 8.94. The maximum Gasteiger partial charge on any atom is 0.262 e. The second-order valence-corrected chi connectivity index (χ2v) is 15.3. The standard InChI is InChI=1S/C37H38N8O4S2/c1-49-31-8-7-26(19-39-31)33-40-20-27(51-33)21-42-14-9-28(30(22-42)25-5-3-2-4-6-25)34(46)43-16-11-37(48,12-17-43)23-44-24-41-32-29(35(44)47)10-15-45(32)36-38-13-18-50-36/h2-8,10,13,15,18-20,24,28,30,48H,9,11-12,14,16-17,21-23H2,1H3/t28-,30+/m1/s1. The number of aromatic nitrogens is 6. The molecule has 2 saturated heterocycles. The summed E-state index contributed by atoms with van der Waals surface area (Å²) < 4.78 is 8.48. The number of likely N-dealkylation sites (tertiary alicyclic amines) is 2. The topological polar surface area (TPSA) is 132 Å². The highest BCUT2D eigenvalue weighted by Gasteiger charge is 2.41. The first-order valence-electron chi connectivity index (χ1n) is 17.1. The Morgan fingerprint density at radius 3 is 2.61 bits per heavy atom. The summed E-state index contributed by atoms with van der Waals surface area (Å²) in [6, 6.07) is 15.9. The Morgan fingerprint density at radius 1 is 1.02 bits per heavy atom. The maximum absolute atomic E-state index is 14.2. The number of carbonyl (C=O) groups is 1. The second kappa shape index (κ2) is 14.1. The van der Waals surface area contributed by atoms with Gasteiger partial charge in [-0.05, 0) is 43.5 Å². The molecule has 0 bridgehead atoms. The van der Waals surface area contributed by atoms with Gasteiger partial charge in [0.2, 0.25) is 11.8 Å². The number of aliphatic hydroxyl groups is 1. The average Bonchev–Trinajstić information content (AvgIpc) is 3.95. The van der Waals surface area contributed by atoms with Crippen LogP contribution in [0.2, 0.25) is 0 Å². The van der Waals surface area contributed by atoms with E-state index in [1.54, 1.807) is 47.7 Å². The van der Waals surface area contributed by atoms with Crippen molar-refractivity contribution < 1.29 is 14.6 Å². The van der Waals surface area contributed by atoms with E-state index in [1.807, 2.05) is 46.8 Å². The third kappa shape index (κ3) is 6.84. The summed E-state index contributed by atoms with van der Waals surface area (Å²) in [7, 11) is 1.60. The molecule has 0 spiro atoms. The van der Waals surface area contributed by atoms with Gasteiger partial charge in [-0.1, -0.05) is 30.3 Å². The number of nitrogens with zero attached hydrogens (tertiary/aromatic N) is 8. The molecule has 8 rings (SSSR count). The average molecular weight is 723 g/mol. The van der Waals surface area contributed by atoms with Gasteiger partial charge >= 0.3 is 0 Å². The van der Waals surface area contributed by atoms with Gasteiger partial charge in [-0.15, -0.1) is 22.7 Å². The molecule has 1 amide bonds. The Morgan fingerprint density at radius 2 is 1.86 bits per heavy atom. The van der Waals surface area contributed by atoms with Gasteiger partial charge in [-0.3, -0.25) is 23.6 Å². The first kappa shape index (κ1) is 33.4. The van der Waals surface area contributed by atoms with Crippen LogP contribution in [-0.2, 0) is 17.9 Å². The van der Waals surface area contributed by atoms with Crippen molar-refractivity contribution in [3.05, 3.63) is 106 Å². The molecule has 12 nitrogen and oxygen atoms in total. The summed E-state index contributed by atoms with van der Waals surface area (Å²) in [6.45, 7) is 3.32. The van der Waals surface area contributed by atoms with E-state index in [2.05, 4.69) is 37.0 Å². The Labute approximate surface area is 302 Å². The van der Waals surface area contributed by atoms with E-state index in [9.17, 15) is 14.7 Å². The number of carbonyl (C=O) groups excluding carboxylic acids is 1. The summed E-state index contributed by atoms with van der Waals surface area (Å²) in [5.74, 6) is 0.594. The number of pyridine rings is 1. The fourth-order valence-electron chi connectivity index (χ4n) is 7.37. The number of hydrogen-bond donors (Lipinski definition) is 1. The Kier molecular flexibility index (Phi) is 9.23. The third-order valence-electron chi connectivity index (χ3n) is 10.1. The molecule has 5 aromatic heterocycles. The van der Waals surface area contributed by atoms with Gasteiger partial charge in [0.15, 0.2) is 10.8 Å². The van der Waals surface area contributed by atoms with E-state index in [0.717, 1.165) is 47.3 Å². The van der Waals surface area contributed by atoms with Crippen LogP contribution >= 0.6 is 22.7 Å². The fraction of sp³-hybridized carbons (Fsp3) is 0.351. The quantitative estimate of drug-likeness (QED) is 0.223. The first-order chi connectivity index (χ1) is 24.9. The van der Waals surface area contributed by atoms with Gasteiger partial charge in [0, 0.05) is 84.7 Å². The molecule has 1 N–H and O–H groups in total. The largest absolute Gasteiger partial charge is 0.481 e. The third-order valence-corrected chi connectivity index (χ3v) is 11.9. The lowest BCUT2D eigenvalue weighted by Crippen LogP contribution is -2.53. The highest BCUT2D eigenvalue weighted by molar-refractivity contribution is 7.15. The van der Waals surface area contributed by atoms with Crippen molar-refractivity contribution >= 4 is 39.6 Å². The number of benzene rings is 1. The summed E-state index contributed by atoms with van der Waals surface area (Å²) in [4.78, 5) is 51.0. The Hall–Kier alpha value is -4.76. The highest BCUT2D eigenvalue weighted by Crippen LogP contribution is 2.37. The molecule has 2 atom stereocenters. The van der Waals surface area contributed by atoms with Crippen molar-refractivity contribution in [1.82, 2.24) is 38.9 Å². The monoisotopic (exact) mass is 722 g/mol. The van der Waals surface area contributed by atoms with Crippen LogP contribution in [0.25, 0.3) is 26.7 Å². The molecule has 2 aliphatic heterocycles. The van der Waals surface area contributed by atoms with E-state index in [4.69, 9.17) is 4.74 Å². The SMILES string of the molecule is COc1ccc(-c2ncc(CN3CC[C@@H](C(=O)N4CCC(O)(Cn5cnc6c(ccn6-c6nccs6)c5=O)CC4)[C@H](c4ccccc4)C3)s2)cn1. The van der Waals surface area contributed by atoms with Crippen LogP contribution in [0.1, 0.15) is 35.6 Å². The molecule has 0 saturated carbocycles. The minimum Gasteiger partial charge on any atom is -0.481 e. The summed E-state index contributed by atoms with van der Waals surface area (Å²) in [5.41, 5.74) is 1.34. The van der Waals surface area contributed by atoms with E-state index < -0.39 is 5.60 Å². The zero-order chi connectivity index (χ0) is 35.0. The van der Waals surface area contributed by atoms with Crippen LogP contribution in [0.15, 0.2) is 89.8 Å². The van der Waals surface area contributed by atoms with Crippen LogP contribution in [0.4, 0.5) is 0 Å². The zero-order valence-corrected chi connectivity index (χ0v) is 29.8. The van der Waals surface area contributed by atoms with Gasteiger partial charge in [0.25, 0.3) is 5.56 Å². The molecule has 51 heavy (non-hydrogen) atoms. The molecular formula is C37H38N8O4S2. The van der Waals surface area contributed by atoms with E-state index in [1.165, 1.54) is 27.1 Å². The summed E-state index contributed by atoms with van der Waals surface area (Å²) in [5, 5.41) is 15.6. The minimum absolute atomic E-state index is 0.0412. The summed E-state index contributed by atoms with van der Waals surface area (Å²) in [6.07, 6.45) is 10.3. The number of piperidine rings is 2. The van der Waals surface area contributed by atoms with Crippen LogP contribution in [-0.4, -0.2) is 88.8 Å². The lowest BCUT2D eigenvalue weighted by molar-refractivity contribution is -0.142. The number of ether oxygens (including phenoxy) is 1. The van der Waals surface area contributed by atoms with Crippen molar-refractivity contribution in [3.8, 4) is 21.6 Å². The second-order valence-electron chi connectivity index (χ2n) is 13.3. The molecule has 2 aliphatic rings. The van der Waals surface area contributed by atoms with Crippen molar-refractivity contribution in [2.75, 3.05) is 33.3 Å². The number of hydrogen-bond acceptors (Lipinski definition) is 11. The number of fused-ring (bicyclic) bond motifs is 1. The first-order valence-corrected chi connectivity index (χ1v) is 18.8. The molecule has 0 radical (unpaired) electrons. The molecule has 6 aromatic rings. The van der Waals surface area contributed by atoms with Gasteiger partial charge in [0.1, 0.15) is 11.3 Å². The smallest absolute Gasteiger partial charge is 0.262 e. The Balaban J connectivity index is 0.925. The van der Waals surface area contributed by atoms with Crippen molar-refractivity contribution in [2.24, 2.45) is 5.92 Å². The van der Waals surface area contributed by atoms with E-state index in [-0.39, 0.29) is 29.8 Å². The molecule has 1 aromatic carbocycles. The highest BCUT2D eigenvalue weighted by atomic mass is 32.1. The normalized spacial score (nSPS) is 19.4. The number of thiazole rings is 2. The lowest BCUT2D eigenvalue weighted by Gasteiger charge is -2.43. The van der Waals surface area contributed by atoms with Gasteiger partial charge in [0.05, 0.1) is 24.6 Å². The Bertz CT molecular complexity index is 2170. The molecule has 7 heterocycles. The molecular weight excluding hydrogens is 685 g/mol. The van der Waals surface area contributed by atoms with E-state index in [0.29, 0.717) is 42.8 Å². The van der Waals surface area contributed by atoms with Crippen LogP contribution in [0.3, 0.4) is 0 Å². The van der Waals surface area contributed by atoms with Crippen LogP contribution < -0.4 is 10.3 Å². The van der Waals surface area contributed by atoms with Crippen molar-refractivity contribution in [3.63, 3.8) is 0 Å². The predicted molar refractivity (Wildman–Crippen MR) is 196 cm³/mol. The van der Waals surface area contributed by atoms with Gasteiger partial charge in [-0.2, -0.15) is 0 Å². The molecule has 0 unspecified atom stereocenters. The van der Waals surface area contributed by atoms with Gasteiger partial charge in [-0.25, -0.2) is 19.9 Å². The summed E-state index contributed by atoms with van der Waals surface area (Å²) >= 11 is 3.13. The van der Waals surface area contributed by atoms with Crippen LogP contribution in [0.5, 0.6) is 5.88 Å². The van der Waals surface area contributed by atoms with E-state index >= 15 is 0 Å². The molecule has 2 fully saturated rings. The lowest BCUT2D eigenvalue weighted by atomic mass is 9.79. The number of methoxy groups -OCH3 is 1. The molecule has 0 aliphatic carbocycles. The van der Waals surface area contributed by atoms with Crippen molar-refractivity contribution in [2.45, 2.75) is 43.9 Å².